The highest BCUT2D eigenvalue weighted by atomic mass is 79.9. The lowest BCUT2D eigenvalue weighted by atomic mass is 9.92. The number of carbonyl (C=O) groups is 1. The number of aryl methyl sites for hydroxylation is 1. The first-order chi connectivity index (χ1) is 12.4. The van der Waals surface area contributed by atoms with Crippen LogP contribution in [0, 0.1) is 6.92 Å². The van der Waals surface area contributed by atoms with Crippen LogP contribution in [0.4, 0.5) is 11.6 Å². The Morgan fingerprint density at radius 1 is 1.19 bits per heavy atom. The molecule has 0 aliphatic carbocycles. The molecule has 0 N–H and O–H groups in total. The summed E-state index contributed by atoms with van der Waals surface area (Å²) in [6, 6.07) is 13.5. The highest BCUT2D eigenvalue weighted by molar-refractivity contribution is 9.10. The van der Waals surface area contributed by atoms with Crippen LogP contribution in [0.3, 0.4) is 0 Å². The van der Waals surface area contributed by atoms with E-state index in [-0.39, 0.29) is 5.91 Å². The third kappa shape index (κ3) is 2.73. The lowest BCUT2D eigenvalue weighted by Gasteiger charge is -2.25. The van der Waals surface area contributed by atoms with Gasteiger partial charge in [-0.15, -0.1) is 10.2 Å². The summed E-state index contributed by atoms with van der Waals surface area (Å²) in [7, 11) is 0. The Morgan fingerprint density at radius 3 is 2.62 bits per heavy atom. The summed E-state index contributed by atoms with van der Waals surface area (Å²) >= 11 is 9.65. The molecule has 1 aliphatic heterocycles. The molecule has 2 aromatic carbocycles. The number of halogens is 2. The molecule has 0 bridgehead atoms. The molecule has 1 unspecified atom stereocenters. The van der Waals surface area contributed by atoms with Gasteiger partial charge in [0.15, 0.2) is 0 Å². The van der Waals surface area contributed by atoms with E-state index in [1.54, 1.807) is 17.3 Å². The Labute approximate surface area is 164 Å². The first kappa shape index (κ1) is 17.2. The monoisotopic (exact) mass is 430 g/mol. The van der Waals surface area contributed by atoms with Crippen molar-refractivity contribution in [1.82, 2.24) is 14.8 Å². The zero-order valence-electron chi connectivity index (χ0n) is 14.3. The molecule has 1 aliphatic rings. The van der Waals surface area contributed by atoms with E-state index < -0.39 is 5.54 Å². The lowest BCUT2D eigenvalue weighted by Crippen LogP contribution is -2.40. The van der Waals surface area contributed by atoms with Gasteiger partial charge in [-0.05, 0) is 55.3 Å². The number of aromatic nitrogens is 3. The fourth-order valence-electron chi connectivity index (χ4n) is 3.40. The molecule has 0 fully saturated rings. The zero-order chi connectivity index (χ0) is 18.5. The van der Waals surface area contributed by atoms with E-state index in [1.165, 1.54) is 0 Å². The summed E-state index contributed by atoms with van der Waals surface area (Å²) in [5.41, 5.74) is 1.94. The van der Waals surface area contributed by atoms with Crippen LogP contribution < -0.4 is 4.90 Å². The summed E-state index contributed by atoms with van der Waals surface area (Å²) < 4.78 is 2.85. The number of nitrogens with zero attached hydrogens (tertiary/aromatic N) is 4. The fraction of sp³-hybridized carbons (Fsp3) is 0.211. The van der Waals surface area contributed by atoms with Gasteiger partial charge in [-0.2, -0.15) is 0 Å². The van der Waals surface area contributed by atoms with E-state index in [0.29, 0.717) is 23.1 Å². The van der Waals surface area contributed by atoms with E-state index >= 15 is 0 Å². The van der Waals surface area contributed by atoms with Gasteiger partial charge in [-0.3, -0.25) is 9.36 Å². The molecular weight excluding hydrogens is 416 g/mol. The van der Waals surface area contributed by atoms with Gasteiger partial charge in [-0.25, -0.2) is 4.90 Å². The van der Waals surface area contributed by atoms with E-state index in [1.807, 2.05) is 54.8 Å². The van der Waals surface area contributed by atoms with Crippen LogP contribution in [0.2, 0.25) is 5.02 Å². The van der Waals surface area contributed by atoms with Crippen LogP contribution >= 0.6 is 27.5 Å². The van der Waals surface area contributed by atoms with Gasteiger partial charge in [-0.1, -0.05) is 39.7 Å². The molecule has 3 aromatic rings. The Kier molecular flexibility index (Phi) is 4.12. The molecule has 0 saturated heterocycles. The maximum absolute atomic E-state index is 13.4. The number of hydrogen-bond donors (Lipinski definition) is 0. The van der Waals surface area contributed by atoms with Crippen molar-refractivity contribution >= 4 is 45.1 Å². The third-order valence-electron chi connectivity index (χ3n) is 4.67. The van der Waals surface area contributed by atoms with Crippen LogP contribution in [-0.4, -0.2) is 20.7 Å². The van der Waals surface area contributed by atoms with Crippen molar-refractivity contribution in [2.24, 2.45) is 0 Å². The van der Waals surface area contributed by atoms with Gasteiger partial charge >= 0.3 is 0 Å². The smallest absolute Gasteiger partial charge is 0.260 e. The van der Waals surface area contributed by atoms with E-state index in [0.717, 1.165) is 15.6 Å². The maximum atomic E-state index is 13.4. The molecule has 1 amide bonds. The number of hydrogen-bond acceptors (Lipinski definition) is 3. The van der Waals surface area contributed by atoms with Crippen molar-refractivity contribution in [3.63, 3.8) is 0 Å². The fourth-order valence-corrected chi connectivity index (χ4v) is 3.95. The minimum Gasteiger partial charge on any atom is -0.284 e. The van der Waals surface area contributed by atoms with Gasteiger partial charge in [0.25, 0.3) is 5.91 Å². The molecule has 7 heteroatoms. The molecule has 0 radical (unpaired) electrons. The quantitative estimate of drug-likeness (QED) is 0.607. The molecule has 0 spiro atoms. The number of benzene rings is 2. The molecule has 5 nitrogen and oxygen atoms in total. The lowest BCUT2D eigenvalue weighted by molar-refractivity contribution is -0.123. The predicted molar refractivity (Wildman–Crippen MR) is 105 cm³/mol. The zero-order valence-corrected chi connectivity index (χ0v) is 16.6. The Morgan fingerprint density at radius 2 is 1.92 bits per heavy atom. The molecule has 2 heterocycles. The van der Waals surface area contributed by atoms with Crippen molar-refractivity contribution < 1.29 is 4.79 Å². The van der Waals surface area contributed by atoms with Crippen LogP contribution in [0.5, 0.6) is 0 Å². The standard InChI is InChI=1S/C19H16BrClN4O/c1-12-7-15(21)9-16(8-12)25-17(26)19(2,24-11-22-23-18(24)25)10-13-3-5-14(20)6-4-13/h3-9,11H,10H2,1-2H3. The summed E-state index contributed by atoms with van der Waals surface area (Å²) in [5, 5.41) is 8.80. The van der Waals surface area contributed by atoms with Crippen molar-refractivity contribution in [3.8, 4) is 0 Å². The Hall–Kier alpha value is -2.18. The number of fused-ring (bicyclic) bond motifs is 1. The molecular formula is C19H16BrClN4O. The van der Waals surface area contributed by atoms with Crippen LogP contribution in [0.15, 0.2) is 53.3 Å². The van der Waals surface area contributed by atoms with Gasteiger partial charge in [0.1, 0.15) is 11.9 Å². The second kappa shape index (κ2) is 6.21. The Bertz CT molecular complexity index is 981. The highest BCUT2D eigenvalue weighted by Gasteiger charge is 2.49. The average molecular weight is 432 g/mol. The van der Waals surface area contributed by atoms with E-state index in [2.05, 4.69) is 26.1 Å². The molecule has 0 saturated carbocycles. The van der Waals surface area contributed by atoms with Gasteiger partial charge in [0, 0.05) is 15.9 Å². The number of rotatable bonds is 3. The van der Waals surface area contributed by atoms with Gasteiger partial charge in [0.05, 0.1) is 5.69 Å². The molecule has 26 heavy (non-hydrogen) atoms. The first-order valence-corrected chi connectivity index (χ1v) is 9.32. The Balaban J connectivity index is 1.79. The predicted octanol–water partition coefficient (Wildman–Crippen LogP) is 4.64. The highest BCUT2D eigenvalue weighted by Crippen LogP contribution is 2.41. The molecule has 1 aromatic heterocycles. The molecule has 132 valence electrons. The number of carbonyl (C=O) groups excluding carboxylic acids is 1. The summed E-state index contributed by atoms with van der Waals surface area (Å²) in [6.45, 7) is 3.86. The van der Waals surface area contributed by atoms with E-state index in [4.69, 9.17) is 11.6 Å². The second-order valence-corrected chi connectivity index (χ2v) is 8.06. The van der Waals surface area contributed by atoms with E-state index in [9.17, 15) is 4.79 Å². The number of amides is 1. The van der Waals surface area contributed by atoms with Crippen molar-refractivity contribution in [2.45, 2.75) is 25.8 Å². The summed E-state index contributed by atoms with van der Waals surface area (Å²) in [4.78, 5) is 15.0. The molecule has 1 atom stereocenters. The first-order valence-electron chi connectivity index (χ1n) is 8.15. The average Bonchev–Trinajstić information content (AvgIpc) is 3.12. The molecule has 4 rings (SSSR count). The normalized spacial score (nSPS) is 19.1. The van der Waals surface area contributed by atoms with Crippen molar-refractivity contribution in [1.29, 1.82) is 0 Å². The maximum Gasteiger partial charge on any atom is 0.260 e. The SMILES string of the molecule is Cc1cc(Cl)cc(N2C(=O)C(C)(Cc3ccc(Br)cc3)n3cnnc32)c1. The van der Waals surface area contributed by atoms with Gasteiger partial charge < -0.3 is 0 Å². The topological polar surface area (TPSA) is 51.0 Å². The minimum atomic E-state index is -0.803. The third-order valence-corrected chi connectivity index (χ3v) is 5.42. The summed E-state index contributed by atoms with van der Waals surface area (Å²) in [5.74, 6) is 0.461. The van der Waals surface area contributed by atoms with Crippen LogP contribution in [0.1, 0.15) is 18.1 Å². The minimum absolute atomic E-state index is 0.0491. The van der Waals surface area contributed by atoms with Crippen molar-refractivity contribution in [3.05, 3.63) is 69.4 Å². The van der Waals surface area contributed by atoms with Crippen LogP contribution in [-0.2, 0) is 16.8 Å². The van der Waals surface area contributed by atoms with Gasteiger partial charge in [0.2, 0.25) is 5.95 Å². The van der Waals surface area contributed by atoms with Crippen molar-refractivity contribution in [2.75, 3.05) is 4.90 Å². The van der Waals surface area contributed by atoms with Crippen LogP contribution in [0.25, 0.3) is 0 Å². The second-order valence-electron chi connectivity index (χ2n) is 6.71. The summed E-state index contributed by atoms with van der Waals surface area (Å²) in [6.07, 6.45) is 2.16. The number of anilines is 2. The largest absolute Gasteiger partial charge is 0.284 e.